The molecule has 0 saturated carbocycles. The monoisotopic (exact) mass is 321 g/mol. The summed E-state index contributed by atoms with van der Waals surface area (Å²) in [6, 6.07) is 2.31. The Hall–Kier alpha value is -1.40. The van der Waals surface area contributed by atoms with Gasteiger partial charge in [-0.05, 0) is 51.6 Å². The van der Waals surface area contributed by atoms with Gasteiger partial charge in [0.25, 0.3) is 0 Å². The van der Waals surface area contributed by atoms with E-state index in [-0.39, 0.29) is 5.91 Å². The van der Waals surface area contributed by atoms with Crippen molar-refractivity contribution in [2.24, 2.45) is 5.92 Å². The smallest absolute Gasteiger partial charge is 0.220 e. The Morgan fingerprint density at radius 2 is 2.04 bits per heavy atom. The maximum atomic E-state index is 12.2. The van der Waals surface area contributed by atoms with Crippen LogP contribution < -0.4 is 5.32 Å². The average Bonchev–Trinajstić information content (AvgIpc) is 2.95. The van der Waals surface area contributed by atoms with Gasteiger partial charge in [-0.1, -0.05) is 5.16 Å². The van der Waals surface area contributed by atoms with Gasteiger partial charge >= 0.3 is 0 Å². The number of hydrogen-bond donors (Lipinski definition) is 1. The van der Waals surface area contributed by atoms with Crippen molar-refractivity contribution < 1.29 is 14.1 Å². The number of piperidine rings is 1. The number of aryl methyl sites for hydroxylation is 1. The molecule has 6 nitrogen and oxygen atoms in total. The summed E-state index contributed by atoms with van der Waals surface area (Å²) in [4.78, 5) is 14.6. The van der Waals surface area contributed by atoms with Crippen molar-refractivity contribution in [3.63, 3.8) is 0 Å². The SMILES string of the molecule is Cc1cc(CN2CCC(CC(=O)NC3CCOCC3)CC2)no1. The van der Waals surface area contributed by atoms with Crippen molar-refractivity contribution in [1.82, 2.24) is 15.4 Å². The Labute approximate surface area is 137 Å². The van der Waals surface area contributed by atoms with Gasteiger partial charge in [-0.25, -0.2) is 0 Å². The van der Waals surface area contributed by atoms with Crippen LogP contribution >= 0.6 is 0 Å². The van der Waals surface area contributed by atoms with Gasteiger partial charge in [0, 0.05) is 38.3 Å². The molecular weight excluding hydrogens is 294 g/mol. The van der Waals surface area contributed by atoms with Gasteiger partial charge in [0.15, 0.2) is 0 Å². The highest BCUT2D eigenvalue weighted by atomic mass is 16.5. The van der Waals surface area contributed by atoms with Crippen LogP contribution in [0.1, 0.15) is 43.6 Å². The summed E-state index contributed by atoms with van der Waals surface area (Å²) in [5, 5.41) is 7.22. The molecule has 3 heterocycles. The third kappa shape index (κ3) is 5.04. The molecule has 2 aliphatic heterocycles. The van der Waals surface area contributed by atoms with Gasteiger partial charge in [0.2, 0.25) is 5.91 Å². The highest BCUT2D eigenvalue weighted by molar-refractivity contribution is 5.76. The van der Waals surface area contributed by atoms with Crippen LogP contribution in [-0.2, 0) is 16.1 Å². The minimum atomic E-state index is 0.211. The lowest BCUT2D eigenvalue weighted by atomic mass is 9.93. The Morgan fingerprint density at radius 1 is 1.30 bits per heavy atom. The number of hydrogen-bond acceptors (Lipinski definition) is 5. The molecule has 2 aliphatic rings. The van der Waals surface area contributed by atoms with Crippen LogP contribution in [0, 0.1) is 12.8 Å². The molecule has 1 aromatic heterocycles. The van der Waals surface area contributed by atoms with Gasteiger partial charge in [-0.15, -0.1) is 0 Å². The predicted octanol–water partition coefficient (Wildman–Crippen LogP) is 1.88. The molecule has 1 N–H and O–H groups in total. The van der Waals surface area contributed by atoms with Crippen LogP contribution in [0.2, 0.25) is 0 Å². The van der Waals surface area contributed by atoms with E-state index in [9.17, 15) is 4.79 Å². The Kier molecular flexibility index (Phi) is 5.67. The van der Waals surface area contributed by atoms with Crippen molar-refractivity contribution in [3.05, 3.63) is 17.5 Å². The maximum absolute atomic E-state index is 12.2. The van der Waals surface area contributed by atoms with Crippen molar-refractivity contribution in [3.8, 4) is 0 Å². The molecule has 2 fully saturated rings. The maximum Gasteiger partial charge on any atom is 0.220 e. The predicted molar refractivity (Wildman–Crippen MR) is 85.8 cm³/mol. The van der Waals surface area contributed by atoms with E-state index < -0.39 is 0 Å². The van der Waals surface area contributed by atoms with Crippen molar-refractivity contribution in [1.29, 1.82) is 0 Å². The summed E-state index contributed by atoms with van der Waals surface area (Å²) >= 11 is 0. The quantitative estimate of drug-likeness (QED) is 0.897. The summed E-state index contributed by atoms with van der Waals surface area (Å²) < 4.78 is 10.4. The molecule has 0 unspecified atom stereocenters. The number of rotatable bonds is 5. The Bertz CT molecular complexity index is 503. The van der Waals surface area contributed by atoms with Gasteiger partial charge in [0.05, 0.1) is 5.69 Å². The number of carbonyl (C=O) groups excluding carboxylic acids is 1. The van der Waals surface area contributed by atoms with Crippen LogP contribution in [-0.4, -0.2) is 48.3 Å². The van der Waals surface area contributed by atoms with E-state index in [4.69, 9.17) is 9.26 Å². The first kappa shape index (κ1) is 16.5. The molecule has 1 amide bonds. The average molecular weight is 321 g/mol. The fourth-order valence-corrected chi connectivity index (χ4v) is 3.46. The highest BCUT2D eigenvalue weighted by Crippen LogP contribution is 2.22. The van der Waals surface area contributed by atoms with Crippen LogP contribution in [0.25, 0.3) is 0 Å². The molecule has 0 atom stereocenters. The summed E-state index contributed by atoms with van der Waals surface area (Å²) in [5.74, 6) is 1.58. The van der Waals surface area contributed by atoms with E-state index in [2.05, 4.69) is 15.4 Å². The van der Waals surface area contributed by atoms with Crippen molar-refractivity contribution >= 4 is 5.91 Å². The van der Waals surface area contributed by atoms with E-state index in [0.717, 1.165) is 70.0 Å². The van der Waals surface area contributed by atoms with E-state index in [1.807, 2.05) is 13.0 Å². The molecule has 1 aromatic rings. The first-order chi connectivity index (χ1) is 11.2. The second-order valence-electron chi connectivity index (χ2n) is 6.81. The van der Waals surface area contributed by atoms with Crippen molar-refractivity contribution in [2.45, 2.75) is 51.6 Å². The fourth-order valence-electron chi connectivity index (χ4n) is 3.46. The topological polar surface area (TPSA) is 67.6 Å². The minimum absolute atomic E-state index is 0.211. The molecular formula is C17H27N3O3. The number of aromatic nitrogens is 1. The number of likely N-dealkylation sites (tertiary alicyclic amines) is 1. The van der Waals surface area contributed by atoms with Crippen LogP contribution in [0.4, 0.5) is 0 Å². The lowest BCUT2D eigenvalue weighted by Crippen LogP contribution is -2.41. The molecule has 6 heteroatoms. The normalized spacial score (nSPS) is 21.4. The van der Waals surface area contributed by atoms with E-state index in [0.29, 0.717) is 18.4 Å². The molecule has 0 spiro atoms. The molecule has 23 heavy (non-hydrogen) atoms. The lowest BCUT2D eigenvalue weighted by molar-refractivity contribution is -0.123. The number of carbonyl (C=O) groups is 1. The lowest BCUT2D eigenvalue weighted by Gasteiger charge is -2.31. The van der Waals surface area contributed by atoms with Crippen molar-refractivity contribution in [2.75, 3.05) is 26.3 Å². The van der Waals surface area contributed by atoms with Gasteiger partial charge in [-0.3, -0.25) is 9.69 Å². The number of amides is 1. The van der Waals surface area contributed by atoms with Gasteiger partial charge < -0.3 is 14.6 Å². The molecule has 0 bridgehead atoms. The van der Waals surface area contributed by atoms with Gasteiger partial charge in [0.1, 0.15) is 5.76 Å². The standard InChI is InChI=1S/C17H27N3O3/c1-13-10-16(19-23-13)12-20-6-2-14(3-7-20)11-17(21)18-15-4-8-22-9-5-15/h10,14-15H,2-9,11-12H2,1H3,(H,18,21). The summed E-state index contributed by atoms with van der Waals surface area (Å²) in [6.07, 6.45) is 4.72. The Morgan fingerprint density at radius 3 is 2.70 bits per heavy atom. The molecule has 2 saturated heterocycles. The highest BCUT2D eigenvalue weighted by Gasteiger charge is 2.23. The number of nitrogens with one attached hydrogen (secondary N) is 1. The second-order valence-corrected chi connectivity index (χ2v) is 6.81. The fraction of sp³-hybridized carbons (Fsp3) is 0.765. The number of ether oxygens (including phenoxy) is 1. The first-order valence-corrected chi connectivity index (χ1v) is 8.70. The first-order valence-electron chi connectivity index (χ1n) is 8.70. The zero-order chi connectivity index (χ0) is 16.1. The largest absolute Gasteiger partial charge is 0.381 e. The minimum Gasteiger partial charge on any atom is -0.381 e. The van der Waals surface area contributed by atoms with Crippen LogP contribution in [0.5, 0.6) is 0 Å². The molecule has 0 aliphatic carbocycles. The summed E-state index contributed by atoms with van der Waals surface area (Å²) in [6.45, 7) is 6.36. The molecule has 3 rings (SSSR count). The zero-order valence-corrected chi connectivity index (χ0v) is 13.9. The third-order valence-corrected chi connectivity index (χ3v) is 4.83. The summed E-state index contributed by atoms with van der Waals surface area (Å²) in [5.41, 5.74) is 0.998. The molecule has 128 valence electrons. The van der Waals surface area contributed by atoms with Crippen LogP contribution in [0.3, 0.4) is 0 Å². The van der Waals surface area contributed by atoms with E-state index >= 15 is 0 Å². The van der Waals surface area contributed by atoms with Crippen LogP contribution in [0.15, 0.2) is 10.6 Å². The van der Waals surface area contributed by atoms with Gasteiger partial charge in [-0.2, -0.15) is 0 Å². The number of nitrogens with zero attached hydrogens (tertiary/aromatic N) is 2. The zero-order valence-electron chi connectivity index (χ0n) is 13.9. The van der Waals surface area contributed by atoms with E-state index in [1.165, 1.54) is 0 Å². The Balaban J connectivity index is 1.36. The molecule has 0 aromatic carbocycles. The second kappa shape index (κ2) is 7.93. The molecule has 0 radical (unpaired) electrons. The third-order valence-electron chi connectivity index (χ3n) is 4.83. The van der Waals surface area contributed by atoms with E-state index in [1.54, 1.807) is 0 Å². The summed E-state index contributed by atoms with van der Waals surface area (Å²) in [7, 11) is 0.